The first-order valence-electron chi connectivity index (χ1n) is 9.35. The highest BCUT2D eigenvalue weighted by molar-refractivity contribution is 5.94. The first-order chi connectivity index (χ1) is 16.3. The van der Waals surface area contributed by atoms with Crippen LogP contribution in [0.3, 0.4) is 0 Å². The molecule has 186 valence electrons. The summed E-state index contributed by atoms with van der Waals surface area (Å²) in [5.74, 6) is -11.9. The Labute approximate surface area is 193 Å². The molecule has 1 saturated heterocycles. The van der Waals surface area contributed by atoms with Crippen LogP contribution < -0.4 is 0 Å². The fourth-order valence-corrected chi connectivity index (χ4v) is 3.03. The number of hydrogen-bond donors (Lipinski definition) is 8. The Balaban J connectivity index is 1.87. The first-order valence-corrected chi connectivity index (χ1v) is 9.35. The minimum atomic E-state index is -2.39. The molecule has 3 rings (SSSR count). The highest BCUT2D eigenvalue weighted by atomic mass is 16.6. The van der Waals surface area contributed by atoms with Crippen molar-refractivity contribution >= 4 is 23.9 Å². The molecule has 4 atom stereocenters. The SMILES string of the molecule is O=C(O[C@H]1[C@H]([C@@H](OC(=O)c2cc(O)c(O)c(O)c2)C(=O)O)OC(=O)[C@H]1O)c1cc(O)c(O)c(O)c1. The number of hydrogen-bond acceptors (Lipinski definition) is 14. The molecule has 15 heteroatoms. The third kappa shape index (κ3) is 4.74. The quantitative estimate of drug-likeness (QED) is 0.136. The molecule has 1 fully saturated rings. The number of benzene rings is 2. The van der Waals surface area contributed by atoms with E-state index in [0.29, 0.717) is 24.3 Å². The van der Waals surface area contributed by atoms with Gasteiger partial charge in [-0.1, -0.05) is 0 Å². The third-order valence-corrected chi connectivity index (χ3v) is 4.76. The molecule has 8 N–H and O–H groups in total. The van der Waals surface area contributed by atoms with Gasteiger partial charge in [-0.2, -0.15) is 0 Å². The molecule has 1 heterocycles. The predicted molar refractivity (Wildman–Crippen MR) is 105 cm³/mol. The van der Waals surface area contributed by atoms with Gasteiger partial charge in [-0.25, -0.2) is 19.2 Å². The van der Waals surface area contributed by atoms with E-state index in [1.807, 2.05) is 0 Å². The molecular weight excluding hydrogens is 480 g/mol. The summed E-state index contributed by atoms with van der Waals surface area (Å²) >= 11 is 0. The number of cyclic esters (lactones) is 1. The third-order valence-electron chi connectivity index (χ3n) is 4.76. The lowest BCUT2D eigenvalue weighted by Crippen LogP contribution is -2.47. The molecule has 0 radical (unpaired) electrons. The Hall–Kier alpha value is -4.92. The van der Waals surface area contributed by atoms with Crippen LogP contribution >= 0.6 is 0 Å². The van der Waals surface area contributed by atoms with Gasteiger partial charge in [-0.05, 0) is 24.3 Å². The molecule has 0 aromatic heterocycles. The van der Waals surface area contributed by atoms with Crippen molar-refractivity contribution in [3.05, 3.63) is 35.4 Å². The van der Waals surface area contributed by atoms with Crippen LogP contribution in [0.1, 0.15) is 20.7 Å². The van der Waals surface area contributed by atoms with E-state index < -0.39 is 93.9 Å². The summed E-state index contributed by atoms with van der Waals surface area (Å²) in [5, 5.41) is 76.3. The molecule has 35 heavy (non-hydrogen) atoms. The minimum Gasteiger partial charge on any atom is -0.504 e. The summed E-state index contributed by atoms with van der Waals surface area (Å²) in [6.45, 7) is 0. The lowest BCUT2D eigenvalue weighted by molar-refractivity contribution is -0.162. The van der Waals surface area contributed by atoms with Gasteiger partial charge in [0.2, 0.25) is 6.10 Å². The van der Waals surface area contributed by atoms with Crippen molar-refractivity contribution in [1.82, 2.24) is 0 Å². The van der Waals surface area contributed by atoms with Crippen molar-refractivity contribution in [2.75, 3.05) is 0 Å². The van der Waals surface area contributed by atoms with Gasteiger partial charge < -0.3 is 55.1 Å². The van der Waals surface area contributed by atoms with E-state index in [0.717, 1.165) is 0 Å². The Bertz CT molecular complexity index is 1170. The molecule has 0 saturated carbocycles. The fraction of sp³-hybridized carbons (Fsp3) is 0.200. The van der Waals surface area contributed by atoms with Gasteiger partial charge in [0.25, 0.3) is 0 Å². The van der Waals surface area contributed by atoms with Gasteiger partial charge in [0.15, 0.2) is 52.8 Å². The molecule has 0 aliphatic carbocycles. The summed E-state index contributed by atoms with van der Waals surface area (Å²) in [6, 6.07) is 2.59. The topological polar surface area (TPSA) is 258 Å². The van der Waals surface area contributed by atoms with Crippen LogP contribution in [-0.4, -0.2) is 89.1 Å². The van der Waals surface area contributed by atoms with Crippen molar-refractivity contribution < 1.29 is 74.2 Å². The van der Waals surface area contributed by atoms with Gasteiger partial charge in [0, 0.05) is 0 Å². The number of carbonyl (C=O) groups excluding carboxylic acids is 3. The highest BCUT2D eigenvalue weighted by Crippen LogP contribution is 2.37. The van der Waals surface area contributed by atoms with Crippen LogP contribution in [0.15, 0.2) is 24.3 Å². The Kier molecular flexibility index (Phi) is 6.46. The van der Waals surface area contributed by atoms with Crippen molar-refractivity contribution in [1.29, 1.82) is 0 Å². The molecule has 0 amide bonds. The van der Waals surface area contributed by atoms with E-state index in [2.05, 4.69) is 0 Å². The van der Waals surface area contributed by atoms with Crippen molar-refractivity contribution in [3.63, 3.8) is 0 Å². The van der Waals surface area contributed by atoms with Crippen LogP contribution in [0.4, 0.5) is 0 Å². The van der Waals surface area contributed by atoms with Crippen LogP contribution in [0, 0.1) is 0 Å². The number of carboxylic acid groups (broad SMARTS) is 1. The van der Waals surface area contributed by atoms with E-state index in [4.69, 9.17) is 14.2 Å². The number of ether oxygens (including phenoxy) is 3. The van der Waals surface area contributed by atoms with Gasteiger partial charge in [0.05, 0.1) is 11.1 Å². The Morgan fingerprint density at radius 1 is 0.800 bits per heavy atom. The number of carbonyl (C=O) groups is 4. The van der Waals surface area contributed by atoms with Crippen LogP contribution in [0.25, 0.3) is 0 Å². The maximum absolute atomic E-state index is 12.4. The number of phenols is 6. The highest BCUT2D eigenvalue weighted by Gasteiger charge is 2.54. The normalized spacial score (nSPS) is 20.0. The predicted octanol–water partition coefficient (Wildman–Crippen LogP) is -0.958. The van der Waals surface area contributed by atoms with Gasteiger partial charge in [-0.15, -0.1) is 0 Å². The van der Waals surface area contributed by atoms with E-state index in [9.17, 15) is 60.0 Å². The number of aromatic hydroxyl groups is 6. The van der Waals surface area contributed by atoms with Crippen molar-refractivity contribution in [3.8, 4) is 34.5 Å². The second-order valence-corrected chi connectivity index (χ2v) is 7.11. The largest absolute Gasteiger partial charge is 0.504 e. The second-order valence-electron chi connectivity index (χ2n) is 7.11. The fourth-order valence-electron chi connectivity index (χ4n) is 3.03. The smallest absolute Gasteiger partial charge is 0.349 e. The average Bonchev–Trinajstić information content (AvgIpc) is 3.06. The number of phenolic OH excluding ortho intramolecular Hbond substituents is 6. The second kappa shape index (κ2) is 9.14. The summed E-state index contributed by atoms with van der Waals surface area (Å²) < 4.78 is 14.4. The van der Waals surface area contributed by atoms with E-state index in [1.165, 1.54) is 0 Å². The number of aliphatic carboxylic acids is 1. The zero-order chi connectivity index (χ0) is 26.2. The molecule has 1 aliphatic heterocycles. The molecule has 15 nitrogen and oxygen atoms in total. The number of esters is 3. The van der Waals surface area contributed by atoms with E-state index in [-0.39, 0.29) is 0 Å². The lowest BCUT2D eigenvalue weighted by atomic mass is 10.0. The molecular formula is C20H16O15. The average molecular weight is 496 g/mol. The summed E-state index contributed by atoms with van der Waals surface area (Å²) in [4.78, 5) is 48.4. The number of aliphatic hydroxyl groups is 1. The van der Waals surface area contributed by atoms with Crippen LogP contribution in [-0.2, 0) is 23.8 Å². The van der Waals surface area contributed by atoms with E-state index >= 15 is 0 Å². The maximum atomic E-state index is 12.4. The maximum Gasteiger partial charge on any atom is 0.349 e. The number of rotatable bonds is 6. The Morgan fingerprint density at radius 3 is 1.66 bits per heavy atom. The zero-order valence-corrected chi connectivity index (χ0v) is 17.1. The number of aliphatic hydroxyl groups excluding tert-OH is 1. The number of carboxylic acids is 1. The molecule has 0 spiro atoms. The standard InChI is InChI=1S/C20H16O15/c21-7-1-5(2-8(22)11(7)25)18(30)33-14-13(27)20(32)34-15(14)16(17(28)29)35-19(31)6-3-9(23)12(26)10(24)4-6/h1-4,13-16,21-27H,(H,28,29)/t13-,14+,15+,16+/m0/s1. The van der Waals surface area contributed by atoms with E-state index in [1.54, 1.807) is 0 Å². The summed E-state index contributed by atoms with van der Waals surface area (Å²) in [7, 11) is 0. The molecule has 0 unspecified atom stereocenters. The summed E-state index contributed by atoms with van der Waals surface area (Å²) in [6.07, 6.45) is -8.78. The van der Waals surface area contributed by atoms with Gasteiger partial charge >= 0.3 is 23.9 Å². The monoisotopic (exact) mass is 496 g/mol. The Morgan fingerprint density at radius 2 is 1.23 bits per heavy atom. The minimum absolute atomic E-state index is 0.581. The van der Waals surface area contributed by atoms with Crippen LogP contribution in [0.2, 0.25) is 0 Å². The van der Waals surface area contributed by atoms with Gasteiger partial charge in [0.1, 0.15) is 0 Å². The van der Waals surface area contributed by atoms with Crippen molar-refractivity contribution in [2.45, 2.75) is 24.4 Å². The van der Waals surface area contributed by atoms with Crippen molar-refractivity contribution in [2.24, 2.45) is 0 Å². The molecule has 0 bridgehead atoms. The molecule has 1 aliphatic rings. The molecule has 2 aromatic carbocycles. The zero-order valence-electron chi connectivity index (χ0n) is 17.1. The first kappa shape index (κ1) is 24.7. The van der Waals surface area contributed by atoms with Crippen LogP contribution in [0.5, 0.6) is 34.5 Å². The summed E-state index contributed by atoms with van der Waals surface area (Å²) in [5.41, 5.74) is -1.21. The lowest BCUT2D eigenvalue weighted by Gasteiger charge is -2.24. The molecule has 2 aromatic rings. The van der Waals surface area contributed by atoms with Gasteiger partial charge in [-0.3, -0.25) is 0 Å².